The number of aryl methyl sites for hydroxylation is 1. The predicted molar refractivity (Wildman–Crippen MR) is 118 cm³/mol. The quantitative estimate of drug-likeness (QED) is 0.470. The number of rotatable bonds is 10. The number of hydrogen-bond donors (Lipinski definition) is 1. The van der Waals surface area contributed by atoms with Gasteiger partial charge in [-0.3, -0.25) is 9.59 Å². The molecule has 0 unspecified atom stereocenters. The topological polar surface area (TPSA) is 107 Å². The Morgan fingerprint density at radius 1 is 1.24 bits per heavy atom. The fourth-order valence-corrected chi connectivity index (χ4v) is 3.97. The molecule has 1 aliphatic rings. The second-order valence-corrected chi connectivity index (χ2v) is 7.47. The van der Waals surface area contributed by atoms with Crippen molar-refractivity contribution >= 4 is 11.7 Å². The molecule has 0 saturated carbocycles. The number of Topliss-reactive ketones (excluding diaryl/α,β-unsaturated/α-hetero) is 1. The van der Waals surface area contributed by atoms with Gasteiger partial charge in [-0.05, 0) is 43.2 Å². The molecule has 4 rings (SSSR count). The fraction of sp³-hybridized carbons (Fsp3) is 0.292. The van der Waals surface area contributed by atoms with E-state index in [-0.39, 0.29) is 11.3 Å². The average molecular weight is 451 g/mol. The summed E-state index contributed by atoms with van der Waals surface area (Å²) in [6.07, 6.45) is 7.19. The number of furan rings is 1. The number of methoxy groups -OCH3 is 1. The first-order valence-corrected chi connectivity index (χ1v) is 10.6. The lowest BCUT2D eigenvalue weighted by molar-refractivity contribution is -0.129. The van der Waals surface area contributed by atoms with Crippen molar-refractivity contribution in [3.63, 3.8) is 0 Å². The van der Waals surface area contributed by atoms with Crippen LogP contribution < -0.4 is 9.47 Å². The summed E-state index contributed by atoms with van der Waals surface area (Å²) in [5.74, 6) is -0.651. The van der Waals surface area contributed by atoms with Crippen LogP contribution in [0.2, 0.25) is 0 Å². The Hall–Kier alpha value is -4.01. The summed E-state index contributed by atoms with van der Waals surface area (Å²) in [4.78, 5) is 31.8. The maximum atomic E-state index is 13.2. The minimum atomic E-state index is -0.803. The zero-order valence-electron chi connectivity index (χ0n) is 18.4. The maximum Gasteiger partial charge on any atom is 0.290 e. The zero-order valence-corrected chi connectivity index (χ0v) is 18.4. The molecular weight excluding hydrogens is 426 g/mol. The Morgan fingerprint density at radius 3 is 2.76 bits per heavy atom. The molecule has 1 aliphatic heterocycles. The number of carbonyl (C=O) groups is 2. The summed E-state index contributed by atoms with van der Waals surface area (Å²) in [6.45, 7) is 3.27. The average Bonchev–Trinajstić information content (AvgIpc) is 3.58. The Morgan fingerprint density at radius 2 is 2.09 bits per heavy atom. The number of ether oxygens (including phenoxy) is 2. The van der Waals surface area contributed by atoms with E-state index in [4.69, 9.17) is 13.9 Å². The van der Waals surface area contributed by atoms with Gasteiger partial charge in [0.25, 0.3) is 5.91 Å². The highest BCUT2D eigenvalue weighted by molar-refractivity contribution is 6.15. The highest BCUT2D eigenvalue weighted by Gasteiger charge is 2.44. The summed E-state index contributed by atoms with van der Waals surface area (Å²) >= 11 is 0. The molecule has 0 bridgehead atoms. The van der Waals surface area contributed by atoms with Crippen LogP contribution >= 0.6 is 0 Å². The van der Waals surface area contributed by atoms with E-state index in [1.54, 1.807) is 36.8 Å². The summed E-state index contributed by atoms with van der Waals surface area (Å²) in [7, 11) is 1.52. The van der Waals surface area contributed by atoms with Crippen molar-refractivity contribution in [3.05, 3.63) is 78.0 Å². The molecule has 9 nitrogen and oxygen atoms in total. The molecule has 0 spiro atoms. The molecule has 2 aromatic heterocycles. The number of imidazole rings is 1. The van der Waals surface area contributed by atoms with Gasteiger partial charge >= 0.3 is 0 Å². The lowest BCUT2D eigenvalue weighted by Crippen LogP contribution is -2.32. The van der Waals surface area contributed by atoms with Crippen molar-refractivity contribution in [2.24, 2.45) is 0 Å². The van der Waals surface area contributed by atoms with Gasteiger partial charge in [-0.15, -0.1) is 0 Å². The van der Waals surface area contributed by atoms with Gasteiger partial charge in [-0.25, -0.2) is 4.98 Å². The van der Waals surface area contributed by atoms with Crippen LogP contribution in [0.25, 0.3) is 0 Å². The van der Waals surface area contributed by atoms with E-state index in [2.05, 4.69) is 4.98 Å². The molecule has 172 valence electrons. The Bertz CT molecular complexity index is 1150. The largest absolute Gasteiger partial charge is 0.503 e. The Balaban J connectivity index is 1.70. The smallest absolute Gasteiger partial charge is 0.290 e. The van der Waals surface area contributed by atoms with Gasteiger partial charge in [0.1, 0.15) is 0 Å². The van der Waals surface area contributed by atoms with Crippen molar-refractivity contribution < 1.29 is 28.6 Å². The molecule has 0 fully saturated rings. The second-order valence-electron chi connectivity index (χ2n) is 7.47. The minimum absolute atomic E-state index is 0.0243. The fourth-order valence-electron chi connectivity index (χ4n) is 3.97. The Labute approximate surface area is 190 Å². The highest BCUT2D eigenvalue weighted by Crippen LogP contribution is 2.41. The zero-order chi connectivity index (χ0) is 23.4. The molecule has 9 heteroatoms. The van der Waals surface area contributed by atoms with Gasteiger partial charge in [0.05, 0.1) is 37.9 Å². The van der Waals surface area contributed by atoms with E-state index in [0.29, 0.717) is 43.2 Å². The molecule has 3 heterocycles. The molecule has 1 amide bonds. The number of amides is 1. The molecule has 0 radical (unpaired) electrons. The first-order chi connectivity index (χ1) is 16.0. The van der Waals surface area contributed by atoms with E-state index in [9.17, 15) is 14.7 Å². The van der Waals surface area contributed by atoms with Gasteiger partial charge < -0.3 is 28.5 Å². The molecule has 0 saturated heterocycles. The second kappa shape index (κ2) is 9.64. The van der Waals surface area contributed by atoms with Crippen LogP contribution in [0.3, 0.4) is 0 Å². The monoisotopic (exact) mass is 451 g/mol. The van der Waals surface area contributed by atoms with Gasteiger partial charge in [-0.1, -0.05) is 6.07 Å². The van der Waals surface area contributed by atoms with Crippen molar-refractivity contribution in [1.29, 1.82) is 0 Å². The van der Waals surface area contributed by atoms with Crippen molar-refractivity contribution in [1.82, 2.24) is 14.5 Å². The van der Waals surface area contributed by atoms with Crippen molar-refractivity contribution in [2.75, 3.05) is 20.3 Å². The molecule has 0 aliphatic carbocycles. The number of nitrogens with zero attached hydrogens (tertiary/aromatic N) is 3. The molecule has 1 N–H and O–H groups in total. The number of aliphatic hydroxyl groups excluding tert-OH is 1. The van der Waals surface area contributed by atoms with E-state index >= 15 is 0 Å². The number of benzene rings is 1. The number of carbonyl (C=O) groups excluding carboxylic acids is 2. The van der Waals surface area contributed by atoms with Crippen LogP contribution in [0.5, 0.6) is 11.5 Å². The minimum Gasteiger partial charge on any atom is -0.503 e. The molecule has 3 aromatic rings. The van der Waals surface area contributed by atoms with E-state index in [1.807, 2.05) is 17.7 Å². The van der Waals surface area contributed by atoms with E-state index in [1.165, 1.54) is 24.3 Å². The summed E-state index contributed by atoms with van der Waals surface area (Å²) in [5.41, 5.74) is 0.592. The number of aliphatic hydroxyl groups is 1. The van der Waals surface area contributed by atoms with E-state index < -0.39 is 23.5 Å². The molecule has 33 heavy (non-hydrogen) atoms. The summed E-state index contributed by atoms with van der Waals surface area (Å²) in [6, 6.07) is 7.50. The van der Waals surface area contributed by atoms with Crippen LogP contribution in [0.1, 0.15) is 35.5 Å². The third-order valence-corrected chi connectivity index (χ3v) is 5.47. The van der Waals surface area contributed by atoms with Crippen LogP contribution in [-0.2, 0) is 11.3 Å². The molecular formula is C24H25N3O6. The lowest BCUT2D eigenvalue weighted by Gasteiger charge is -2.27. The number of hydrogen-bond acceptors (Lipinski definition) is 7. The highest BCUT2D eigenvalue weighted by atomic mass is 16.5. The predicted octanol–water partition coefficient (Wildman–Crippen LogP) is 3.55. The maximum absolute atomic E-state index is 13.2. The first-order valence-electron chi connectivity index (χ1n) is 10.6. The lowest BCUT2D eigenvalue weighted by atomic mass is 9.94. The normalized spacial score (nSPS) is 15.9. The standard InChI is InChI=1S/C24H25N3O6/c1-3-32-17-8-7-16(14-19(17)31-2)21-20(22(28)18-6-4-13-33-18)23(29)24(30)27(21)11-5-10-26-12-9-25-15-26/h4,6-9,12-15,21,29H,3,5,10-11H2,1-2H3/t21-/m0/s1. The van der Waals surface area contributed by atoms with Crippen LogP contribution in [0, 0.1) is 0 Å². The number of aromatic nitrogens is 2. The van der Waals surface area contributed by atoms with Gasteiger partial charge in [0.15, 0.2) is 23.0 Å². The third-order valence-electron chi connectivity index (χ3n) is 5.47. The summed E-state index contributed by atoms with van der Waals surface area (Å²) < 4.78 is 18.2. The van der Waals surface area contributed by atoms with Gasteiger partial charge in [0, 0.05) is 25.5 Å². The first kappa shape index (κ1) is 22.2. The van der Waals surface area contributed by atoms with Crippen molar-refractivity contribution in [2.45, 2.75) is 25.9 Å². The van der Waals surface area contributed by atoms with Crippen molar-refractivity contribution in [3.8, 4) is 11.5 Å². The molecule has 1 atom stereocenters. The van der Waals surface area contributed by atoms with Crippen LogP contribution in [0.4, 0.5) is 0 Å². The van der Waals surface area contributed by atoms with Crippen LogP contribution in [-0.4, -0.2) is 51.5 Å². The van der Waals surface area contributed by atoms with Crippen LogP contribution in [0.15, 0.2) is 71.1 Å². The van der Waals surface area contributed by atoms with E-state index in [0.717, 1.165) is 0 Å². The molecule has 1 aromatic carbocycles. The SMILES string of the molecule is CCOc1ccc([C@H]2C(C(=O)c3ccco3)=C(O)C(=O)N2CCCn2ccnc2)cc1OC. The van der Waals surface area contributed by atoms with Gasteiger partial charge in [0.2, 0.25) is 5.78 Å². The number of ketones is 1. The summed E-state index contributed by atoms with van der Waals surface area (Å²) in [5, 5.41) is 10.7. The Kier molecular flexibility index (Phi) is 6.48. The third kappa shape index (κ3) is 4.34. The van der Waals surface area contributed by atoms with Gasteiger partial charge in [-0.2, -0.15) is 0 Å².